The van der Waals surface area contributed by atoms with Crippen LogP contribution in [0.1, 0.15) is 37.6 Å². The topological polar surface area (TPSA) is 81.7 Å². The number of aryl methyl sites for hydroxylation is 1. The van der Waals surface area contributed by atoms with Crippen LogP contribution >= 0.6 is 23.2 Å². The van der Waals surface area contributed by atoms with E-state index in [1.165, 1.54) is 0 Å². The maximum Gasteiger partial charge on any atom is 0.433 e. The van der Waals surface area contributed by atoms with Crippen molar-refractivity contribution in [2.45, 2.75) is 45.6 Å². The van der Waals surface area contributed by atoms with Crippen LogP contribution in [0.25, 0.3) is 22.8 Å². The Morgan fingerprint density at radius 2 is 1.89 bits per heavy atom. The molecule has 4 aromatic rings. The van der Waals surface area contributed by atoms with E-state index in [-0.39, 0.29) is 41.3 Å². The molecule has 0 spiro atoms. The molecule has 1 aliphatic rings. The number of fused-ring (bicyclic) bond motifs is 1. The highest BCUT2D eigenvalue weighted by Crippen LogP contribution is 2.35. The lowest BCUT2D eigenvalue weighted by molar-refractivity contribution is -0.141. The Balaban J connectivity index is 1.45. The first-order valence-electron chi connectivity index (χ1n) is 11.3. The van der Waals surface area contributed by atoms with Gasteiger partial charge in [0.05, 0.1) is 29.3 Å². The summed E-state index contributed by atoms with van der Waals surface area (Å²) in [4.78, 5) is 22.0. The normalized spacial score (nSPS) is 13.9. The number of halogens is 5. The number of benzene rings is 1. The lowest BCUT2D eigenvalue weighted by atomic mass is 10.1. The maximum absolute atomic E-state index is 13.1. The summed E-state index contributed by atoms with van der Waals surface area (Å²) in [6, 6.07) is 7.47. The molecule has 5 rings (SSSR count). The number of amides is 1. The Labute approximate surface area is 219 Å². The highest BCUT2D eigenvalue weighted by molar-refractivity contribution is 6.33. The zero-order valence-corrected chi connectivity index (χ0v) is 21.2. The van der Waals surface area contributed by atoms with E-state index in [0.29, 0.717) is 34.3 Å². The second-order valence-electron chi connectivity index (χ2n) is 8.80. The number of carbonyl (C=O) groups excluding carboxylic acids is 1. The molecule has 0 aliphatic carbocycles. The summed E-state index contributed by atoms with van der Waals surface area (Å²) in [6.07, 6.45) is -1.74. The minimum Gasteiger partial charge on any atom is -0.292 e. The fourth-order valence-corrected chi connectivity index (χ4v) is 4.69. The molecule has 3 aromatic heterocycles. The van der Waals surface area contributed by atoms with Gasteiger partial charge in [0.15, 0.2) is 5.82 Å². The van der Waals surface area contributed by atoms with E-state index in [0.717, 1.165) is 12.3 Å². The molecule has 0 saturated heterocycles. The SMILES string of the molecule is CC(C)n1ncc(Cl)c1-c1cc2n(n1)CCC(=O)N2Cc1ccc(-c2nccc(C(F)(F)F)n2)c(Cl)c1. The van der Waals surface area contributed by atoms with Crippen molar-refractivity contribution in [2.24, 2.45) is 0 Å². The first-order chi connectivity index (χ1) is 17.5. The predicted molar refractivity (Wildman–Crippen MR) is 132 cm³/mol. The lowest BCUT2D eigenvalue weighted by Crippen LogP contribution is -2.36. The Morgan fingerprint density at radius 3 is 2.59 bits per heavy atom. The summed E-state index contributed by atoms with van der Waals surface area (Å²) in [5.41, 5.74) is 1.14. The molecule has 0 atom stereocenters. The molecule has 0 fully saturated rings. The summed E-state index contributed by atoms with van der Waals surface area (Å²) < 4.78 is 42.7. The van der Waals surface area contributed by atoms with Crippen LogP contribution in [0.4, 0.5) is 19.0 Å². The van der Waals surface area contributed by atoms with Crippen LogP contribution in [-0.2, 0) is 24.1 Å². The lowest BCUT2D eigenvalue weighted by Gasteiger charge is -2.27. The highest BCUT2D eigenvalue weighted by atomic mass is 35.5. The Hall–Kier alpha value is -3.44. The minimum absolute atomic E-state index is 0.0559. The highest BCUT2D eigenvalue weighted by Gasteiger charge is 2.33. The van der Waals surface area contributed by atoms with Crippen LogP contribution < -0.4 is 4.90 Å². The van der Waals surface area contributed by atoms with Crippen molar-refractivity contribution in [2.75, 3.05) is 4.90 Å². The van der Waals surface area contributed by atoms with Crippen molar-refractivity contribution < 1.29 is 18.0 Å². The minimum atomic E-state index is -4.60. The number of hydrogen-bond donors (Lipinski definition) is 0. The largest absolute Gasteiger partial charge is 0.433 e. The number of hydrogen-bond acceptors (Lipinski definition) is 5. The van der Waals surface area contributed by atoms with Gasteiger partial charge in [-0.3, -0.25) is 14.4 Å². The average molecular weight is 550 g/mol. The monoisotopic (exact) mass is 549 g/mol. The molecule has 0 bridgehead atoms. The first kappa shape index (κ1) is 25.2. The number of carbonyl (C=O) groups is 1. The number of aromatic nitrogens is 6. The van der Waals surface area contributed by atoms with Crippen molar-refractivity contribution in [3.63, 3.8) is 0 Å². The third kappa shape index (κ3) is 4.80. The predicted octanol–water partition coefficient (Wildman–Crippen LogP) is 6.05. The molecular formula is C24H20Cl2F3N7O. The molecule has 1 amide bonds. The smallest absolute Gasteiger partial charge is 0.292 e. The molecule has 1 aliphatic heterocycles. The van der Waals surface area contributed by atoms with Crippen LogP contribution in [0.15, 0.2) is 42.7 Å². The number of anilines is 1. The quantitative estimate of drug-likeness (QED) is 0.303. The van der Waals surface area contributed by atoms with Crippen LogP contribution in [0.5, 0.6) is 0 Å². The standard InChI is InChI=1S/C24H20Cl2F3N7O/c1-13(2)36-22(17(26)11-31-36)18-10-20-34(21(37)6-8-35(20)33-18)12-14-3-4-15(16(25)9-14)23-30-7-5-19(32-23)24(27,28)29/h3-5,7,9-11,13H,6,8,12H2,1-2H3. The van der Waals surface area contributed by atoms with Gasteiger partial charge in [-0.15, -0.1) is 0 Å². The van der Waals surface area contributed by atoms with Crippen molar-refractivity contribution in [3.8, 4) is 22.8 Å². The van der Waals surface area contributed by atoms with Gasteiger partial charge in [-0.05, 0) is 37.6 Å². The fraction of sp³-hybridized carbons (Fsp3) is 0.292. The van der Waals surface area contributed by atoms with Gasteiger partial charge in [0, 0.05) is 30.3 Å². The summed E-state index contributed by atoms with van der Waals surface area (Å²) >= 11 is 12.8. The van der Waals surface area contributed by atoms with Gasteiger partial charge in [0.25, 0.3) is 0 Å². The zero-order valence-electron chi connectivity index (χ0n) is 19.7. The Bertz CT molecular complexity index is 1500. The van der Waals surface area contributed by atoms with Crippen molar-refractivity contribution >= 4 is 34.9 Å². The number of nitrogens with zero attached hydrogens (tertiary/aromatic N) is 7. The van der Waals surface area contributed by atoms with E-state index in [1.807, 2.05) is 13.8 Å². The molecular weight excluding hydrogens is 530 g/mol. The van der Waals surface area contributed by atoms with E-state index >= 15 is 0 Å². The van der Waals surface area contributed by atoms with Gasteiger partial charge in [-0.25, -0.2) is 14.6 Å². The molecule has 8 nitrogen and oxygen atoms in total. The molecule has 192 valence electrons. The molecule has 0 saturated carbocycles. The van der Waals surface area contributed by atoms with E-state index in [4.69, 9.17) is 23.2 Å². The Morgan fingerprint density at radius 1 is 1.11 bits per heavy atom. The van der Waals surface area contributed by atoms with Crippen LogP contribution in [-0.4, -0.2) is 35.4 Å². The third-order valence-corrected chi connectivity index (χ3v) is 6.51. The average Bonchev–Trinajstić information content (AvgIpc) is 3.44. The summed E-state index contributed by atoms with van der Waals surface area (Å²) in [5.74, 6) is 0.367. The van der Waals surface area contributed by atoms with Crippen LogP contribution in [0.3, 0.4) is 0 Å². The van der Waals surface area contributed by atoms with E-state index in [9.17, 15) is 18.0 Å². The van der Waals surface area contributed by atoms with Gasteiger partial charge in [-0.1, -0.05) is 29.3 Å². The van der Waals surface area contributed by atoms with Gasteiger partial charge in [0.1, 0.15) is 22.9 Å². The molecule has 37 heavy (non-hydrogen) atoms. The van der Waals surface area contributed by atoms with Crippen molar-refractivity contribution in [1.82, 2.24) is 29.5 Å². The van der Waals surface area contributed by atoms with E-state index < -0.39 is 11.9 Å². The van der Waals surface area contributed by atoms with Gasteiger partial charge >= 0.3 is 6.18 Å². The maximum atomic E-state index is 13.1. The molecule has 4 heterocycles. The number of alkyl halides is 3. The van der Waals surface area contributed by atoms with E-state index in [2.05, 4.69) is 20.2 Å². The third-order valence-electron chi connectivity index (χ3n) is 5.92. The van der Waals surface area contributed by atoms with Crippen molar-refractivity contribution in [3.05, 3.63) is 64.0 Å². The molecule has 0 N–H and O–H groups in total. The molecule has 13 heteroatoms. The second kappa shape index (κ2) is 9.46. The van der Waals surface area contributed by atoms with Gasteiger partial charge in [0.2, 0.25) is 5.91 Å². The Kier molecular flexibility index (Phi) is 6.45. The molecule has 1 aromatic carbocycles. The van der Waals surface area contributed by atoms with Crippen LogP contribution in [0, 0.1) is 0 Å². The van der Waals surface area contributed by atoms with Gasteiger partial charge in [-0.2, -0.15) is 23.4 Å². The zero-order chi connectivity index (χ0) is 26.5. The van der Waals surface area contributed by atoms with Crippen LogP contribution in [0.2, 0.25) is 10.0 Å². The number of rotatable bonds is 5. The van der Waals surface area contributed by atoms with Crippen molar-refractivity contribution in [1.29, 1.82) is 0 Å². The van der Waals surface area contributed by atoms with E-state index in [1.54, 1.807) is 44.7 Å². The van der Waals surface area contributed by atoms with Gasteiger partial charge < -0.3 is 0 Å². The molecule has 0 unspecified atom stereocenters. The summed E-state index contributed by atoms with van der Waals surface area (Å²) in [6.45, 7) is 4.57. The second-order valence-corrected chi connectivity index (χ2v) is 9.61. The fourth-order valence-electron chi connectivity index (χ4n) is 4.18. The summed E-state index contributed by atoms with van der Waals surface area (Å²) in [5, 5.41) is 9.62. The first-order valence-corrected chi connectivity index (χ1v) is 12.1. The molecule has 0 radical (unpaired) electrons. The summed E-state index contributed by atoms with van der Waals surface area (Å²) in [7, 11) is 0.